The van der Waals surface area contributed by atoms with Crippen molar-refractivity contribution in [1.82, 2.24) is 15.2 Å². The molecule has 1 aliphatic carbocycles. The molecule has 1 aromatic heterocycles. The molecule has 16 heteroatoms. The van der Waals surface area contributed by atoms with Gasteiger partial charge in [-0.05, 0) is 47.2 Å². The molecule has 2 fully saturated rings. The Balaban J connectivity index is 0.000000257. The fourth-order valence-corrected chi connectivity index (χ4v) is 5.23. The molecule has 3 atom stereocenters. The molecule has 2 aromatic carbocycles. The largest absolute Gasteiger partial charge is 0.457 e. The Bertz CT molecular complexity index is 1720. The van der Waals surface area contributed by atoms with Crippen LogP contribution in [0, 0.1) is 38.7 Å². The second-order valence-electron chi connectivity index (χ2n) is 11.3. The summed E-state index contributed by atoms with van der Waals surface area (Å²) in [5.41, 5.74) is 0.554. The molecule has 2 heterocycles. The highest BCUT2D eigenvalue weighted by atomic mass is 35.5. The van der Waals surface area contributed by atoms with Gasteiger partial charge in [-0.15, -0.1) is 0 Å². The van der Waals surface area contributed by atoms with Crippen molar-refractivity contribution in [3.05, 3.63) is 110 Å². The van der Waals surface area contributed by atoms with Gasteiger partial charge in [0.15, 0.2) is 5.03 Å². The van der Waals surface area contributed by atoms with Gasteiger partial charge >= 0.3 is 12.1 Å². The minimum Gasteiger partial charge on any atom is -0.457 e. The van der Waals surface area contributed by atoms with Crippen LogP contribution in [-0.4, -0.2) is 46.1 Å². The van der Waals surface area contributed by atoms with E-state index in [9.17, 15) is 33.3 Å². The predicted octanol–water partition coefficient (Wildman–Crippen LogP) is 7.23. The van der Waals surface area contributed by atoms with Crippen molar-refractivity contribution in [2.45, 2.75) is 32.7 Å². The summed E-state index contributed by atoms with van der Waals surface area (Å²) in [5.74, 6) is -0.987. The Hall–Kier alpha value is -4.87. The fraction of sp³-hybridized carbons (Fsp3) is 0.312. The molecular formula is C32H29Cl2F3N6O5. The van der Waals surface area contributed by atoms with Crippen LogP contribution in [0.3, 0.4) is 0 Å². The Labute approximate surface area is 283 Å². The van der Waals surface area contributed by atoms with E-state index in [-0.39, 0.29) is 5.96 Å². The van der Waals surface area contributed by atoms with Gasteiger partial charge in [-0.2, -0.15) is 18.4 Å². The van der Waals surface area contributed by atoms with Gasteiger partial charge in [0, 0.05) is 31.4 Å². The standard InChI is InChI=1S/C23H19ClF3NO3.C9H10ClN5O2/c1-22(2)17(12-19(24)23(25,26)27)20(22)21(29)31-18(13-28)14-7-6-10-16(11-14)30-15-8-4-3-5-9-15;10-8-2-1-7(5-12-8)6-14-4-3-11-9(14)13-15(16)17/h3-12,17-18,20H,1-2H3;1-2,5H,3-4,6H2,(H,11,13)/b19-12-;/t17-,18+,20-;/m0./s1. The molecular weight excluding hydrogens is 676 g/mol. The summed E-state index contributed by atoms with van der Waals surface area (Å²) in [7, 11) is 0. The average molecular weight is 706 g/mol. The molecule has 3 aromatic rings. The number of nitrogens with zero attached hydrogens (tertiary/aromatic N) is 5. The van der Waals surface area contributed by atoms with Gasteiger partial charge in [0.1, 0.15) is 32.9 Å². The molecule has 0 radical (unpaired) electrons. The van der Waals surface area contributed by atoms with E-state index in [1.807, 2.05) is 30.3 Å². The van der Waals surface area contributed by atoms with Gasteiger partial charge in [-0.25, -0.2) is 15.1 Å². The number of nitriles is 1. The van der Waals surface area contributed by atoms with E-state index in [4.69, 9.17) is 32.7 Å². The maximum atomic E-state index is 12.7. The van der Waals surface area contributed by atoms with Gasteiger partial charge in [0.25, 0.3) is 5.96 Å². The van der Waals surface area contributed by atoms with Gasteiger partial charge < -0.3 is 19.7 Å². The maximum absolute atomic E-state index is 12.7. The Morgan fingerprint density at radius 2 is 1.94 bits per heavy atom. The maximum Gasteiger partial charge on any atom is 0.426 e. The summed E-state index contributed by atoms with van der Waals surface area (Å²) in [6.45, 7) is 5.14. The second kappa shape index (κ2) is 15.4. The van der Waals surface area contributed by atoms with E-state index in [0.717, 1.165) is 11.6 Å². The lowest BCUT2D eigenvalue weighted by Crippen LogP contribution is -2.30. The number of esters is 1. The van der Waals surface area contributed by atoms with Crippen molar-refractivity contribution >= 4 is 35.1 Å². The van der Waals surface area contributed by atoms with Crippen molar-refractivity contribution in [2.75, 3.05) is 13.1 Å². The number of pyridine rings is 1. The van der Waals surface area contributed by atoms with E-state index in [1.165, 1.54) is 0 Å². The van der Waals surface area contributed by atoms with E-state index < -0.39 is 45.6 Å². The molecule has 0 bridgehead atoms. The third kappa shape index (κ3) is 9.58. The molecule has 1 N–H and O–H groups in total. The summed E-state index contributed by atoms with van der Waals surface area (Å²) < 4.78 is 49.2. The van der Waals surface area contributed by atoms with Crippen LogP contribution in [0.1, 0.15) is 31.1 Å². The normalized spacial score (nSPS) is 19.7. The lowest BCUT2D eigenvalue weighted by Gasteiger charge is -2.14. The minimum absolute atomic E-state index is 0.282. The van der Waals surface area contributed by atoms with Gasteiger partial charge in [-0.1, -0.05) is 79.5 Å². The second-order valence-corrected chi connectivity index (χ2v) is 12.1. The van der Waals surface area contributed by atoms with Gasteiger partial charge in [0.05, 0.1) is 5.92 Å². The Morgan fingerprint density at radius 1 is 1.23 bits per heavy atom. The molecule has 1 saturated heterocycles. The number of alkyl halides is 3. The fourth-order valence-electron chi connectivity index (χ4n) is 4.99. The number of allylic oxidation sites excluding steroid dienone is 2. The number of rotatable bonds is 9. The molecule has 0 spiro atoms. The highest BCUT2D eigenvalue weighted by Gasteiger charge is 2.62. The van der Waals surface area contributed by atoms with Crippen LogP contribution in [0.5, 0.6) is 11.5 Å². The third-order valence-corrected chi connectivity index (χ3v) is 8.12. The number of carbonyl (C=O) groups is 1. The molecule has 1 saturated carbocycles. The zero-order valence-corrected chi connectivity index (χ0v) is 27.0. The number of hydrazone groups is 1. The molecule has 2 aliphatic rings. The Kier molecular flexibility index (Phi) is 11.5. The first-order valence-electron chi connectivity index (χ1n) is 14.4. The predicted molar refractivity (Wildman–Crippen MR) is 170 cm³/mol. The number of aromatic nitrogens is 1. The number of halogens is 5. The first kappa shape index (κ1) is 36.0. The SMILES string of the molecule is CC1(C)[C@H](C(=O)O[C@H](C#N)c2cccc(Oc3ccccc3)c2)[C@@H]1/C=C(\Cl)C(F)(F)F.O=[N+]([O-])/N=C1\NCCN1Cc1ccc(Cl)nc1. The topological polar surface area (TPSA) is 143 Å². The number of hydrogen-bond acceptors (Lipinski definition) is 7. The zero-order valence-electron chi connectivity index (χ0n) is 25.5. The van der Waals surface area contributed by atoms with E-state index in [2.05, 4.69) is 15.4 Å². The first-order chi connectivity index (χ1) is 22.7. The molecule has 0 unspecified atom stereocenters. The number of benzene rings is 2. The quantitative estimate of drug-likeness (QED) is 0.106. The van der Waals surface area contributed by atoms with Crippen molar-refractivity contribution in [3.8, 4) is 17.6 Å². The number of para-hydroxylation sites is 1. The summed E-state index contributed by atoms with van der Waals surface area (Å²) in [6, 6.07) is 21.0. The van der Waals surface area contributed by atoms with Crippen molar-refractivity contribution in [3.63, 3.8) is 0 Å². The summed E-state index contributed by atoms with van der Waals surface area (Å²) in [5, 5.41) is 24.4. The molecule has 0 amide bonds. The van der Waals surface area contributed by atoms with Crippen LogP contribution in [0.4, 0.5) is 13.2 Å². The van der Waals surface area contributed by atoms with Crippen molar-refractivity contribution in [2.24, 2.45) is 22.4 Å². The first-order valence-corrected chi connectivity index (χ1v) is 15.1. The molecule has 5 rings (SSSR count). The van der Waals surface area contributed by atoms with E-state index in [0.29, 0.717) is 41.8 Å². The van der Waals surface area contributed by atoms with Crippen LogP contribution in [0.2, 0.25) is 5.15 Å². The average Bonchev–Trinajstić information content (AvgIpc) is 3.31. The highest BCUT2D eigenvalue weighted by molar-refractivity contribution is 6.30. The number of guanidine groups is 1. The monoisotopic (exact) mass is 704 g/mol. The lowest BCUT2D eigenvalue weighted by atomic mass is 10.1. The number of nitro groups is 1. The van der Waals surface area contributed by atoms with Crippen molar-refractivity contribution in [1.29, 1.82) is 5.26 Å². The Morgan fingerprint density at radius 3 is 2.56 bits per heavy atom. The molecule has 11 nitrogen and oxygen atoms in total. The molecule has 1 aliphatic heterocycles. The number of ether oxygens (including phenoxy) is 2. The summed E-state index contributed by atoms with van der Waals surface area (Å²) >= 11 is 11.0. The van der Waals surface area contributed by atoms with E-state index >= 15 is 0 Å². The van der Waals surface area contributed by atoms with Crippen LogP contribution in [-0.2, 0) is 16.1 Å². The van der Waals surface area contributed by atoms with Crippen LogP contribution < -0.4 is 10.1 Å². The van der Waals surface area contributed by atoms with Crippen LogP contribution in [0.15, 0.2) is 89.1 Å². The summed E-state index contributed by atoms with van der Waals surface area (Å²) in [6.07, 6.45) is -3.43. The molecule has 252 valence electrons. The summed E-state index contributed by atoms with van der Waals surface area (Å²) in [4.78, 5) is 28.7. The lowest BCUT2D eigenvalue weighted by molar-refractivity contribution is -0.485. The molecule has 48 heavy (non-hydrogen) atoms. The zero-order chi connectivity index (χ0) is 35.1. The number of carbonyl (C=O) groups excluding carboxylic acids is 1. The van der Waals surface area contributed by atoms with Crippen molar-refractivity contribution < 1.29 is 32.5 Å². The minimum atomic E-state index is -4.68. The van der Waals surface area contributed by atoms with Crippen LogP contribution >= 0.6 is 23.2 Å². The third-order valence-electron chi connectivity index (χ3n) is 7.56. The highest BCUT2D eigenvalue weighted by Crippen LogP contribution is 2.60. The van der Waals surface area contributed by atoms with Gasteiger partial charge in [0.2, 0.25) is 6.10 Å². The van der Waals surface area contributed by atoms with Crippen LogP contribution in [0.25, 0.3) is 0 Å². The smallest absolute Gasteiger partial charge is 0.426 e. The number of hydrogen-bond donors (Lipinski definition) is 1. The number of nitrogens with one attached hydrogen (secondary N) is 1. The van der Waals surface area contributed by atoms with Gasteiger partial charge in [-0.3, -0.25) is 4.79 Å². The van der Waals surface area contributed by atoms with E-state index in [1.54, 1.807) is 67.4 Å².